The maximum absolute atomic E-state index is 13.9. The molecule has 0 bridgehead atoms. The molecule has 0 spiro atoms. The number of aromatic nitrogens is 6. The quantitative estimate of drug-likeness (QED) is 0.0102. The van der Waals surface area contributed by atoms with Crippen LogP contribution in [0.3, 0.4) is 0 Å². The van der Waals surface area contributed by atoms with Crippen LogP contribution in [0.1, 0.15) is 0 Å². The number of halogens is 2. The molecule has 7 aromatic carbocycles. The summed E-state index contributed by atoms with van der Waals surface area (Å²) in [7, 11) is -45.7. The van der Waals surface area contributed by atoms with Gasteiger partial charge in [0.1, 0.15) is 51.8 Å². The summed E-state index contributed by atoms with van der Waals surface area (Å²) in [5.74, 6) is -7.32. The van der Waals surface area contributed by atoms with Crippen molar-refractivity contribution in [2.24, 2.45) is 20.5 Å². The zero-order chi connectivity index (χ0) is 78.1. The van der Waals surface area contributed by atoms with Gasteiger partial charge in [0.2, 0.25) is 55.2 Å². The van der Waals surface area contributed by atoms with E-state index in [0.717, 1.165) is 65.6 Å². The van der Waals surface area contributed by atoms with Crippen LogP contribution in [-0.4, -0.2) is 198 Å². The second kappa shape index (κ2) is 41.2. The van der Waals surface area contributed by atoms with Gasteiger partial charge in [0, 0.05) is 29.5 Å². The zero-order valence-corrected chi connectivity index (χ0v) is 78.7. The molecule has 9 rings (SSSR count). The van der Waals surface area contributed by atoms with Crippen molar-refractivity contribution in [3.63, 3.8) is 0 Å². The Bertz CT molecular complexity index is 6220. The number of fused-ring (bicyclic) bond motifs is 2. The van der Waals surface area contributed by atoms with Crippen molar-refractivity contribution in [1.82, 2.24) is 29.9 Å². The maximum atomic E-state index is 13.9. The number of aliphatic hydroxyl groups excluding tert-OH is 1. The Morgan fingerprint density at radius 3 is 1.11 bits per heavy atom. The zero-order valence-electron chi connectivity index (χ0n) is 57.9. The largest absolute Gasteiger partial charge is 1.00 e. The monoisotopic (exact) mass is 1820 g/mol. The van der Waals surface area contributed by atoms with Crippen molar-refractivity contribution in [2.75, 3.05) is 71.0 Å². The fourth-order valence-corrected chi connectivity index (χ4v) is 16.1. The molecule has 0 aliphatic carbocycles. The molecule has 2 aromatic heterocycles. The summed E-state index contributed by atoms with van der Waals surface area (Å²) in [6, 6.07) is 15.8. The number of sulfone groups is 3. The number of phenols is 2. The Kier molecular flexibility index (Phi) is 37.9. The minimum Gasteiger partial charge on any atom is -0.744 e. The number of rotatable bonds is 31. The first-order valence-corrected chi connectivity index (χ1v) is 42.1. The summed E-state index contributed by atoms with van der Waals surface area (Å²) in [4.78, 5) is 19.1. The van der Waals surface area contributed by atoms with Crippen LogP contribution in [0, 0.1) is 0 Å². The normalized spacial score (nSPS) is 12.4. The predicted octanol–water partition coefficient (Wildman–Crippen LogP) is -14.4. The Morgan fingerprint density at radius 1 is 0.402 bits per heavy atom. The number of phenolic OH excluding ortho intramolecular Hbond substituents is 2. The van der Waals surface area contributed by atoms with Gasteiger partial charge in [-0.1, -0.05) is 0 Å². The number of benzene rings is 7. The third-order valence-electron chi connectivity index (χ3n) is 13.9. The molecule has 43 nitrogen and oxygen atoms in total. The van der Waals surface area contributed by atoms with E-state index in [4.69, 9.17) is 23.2 Å². The van der Waals surface area contributed by atoms with Crippen LogP contribution in [0.15, 0.2) is 164 Å². The smallest absolute Gasteiger partial charge is 0.744 e. The van der Waals surface area contributed by atoms with Crippen molar-refractivity contribution in [1.29, 1.82) is 0 Å². The van der Waals surface area contributed by atoms with Crippen LogP contribution in [0.2, 0.25) is 10.6 Å². The molecule has 0 radical (unpaired) electrons. The number of aliphatic hydroxyl groups is 1. The number of azo groups is 2. The molecule has 9 aromatic rings. The maximum Gasteiger partial charge on any atom is 1.00 e. The molecule has 6 N–H and O–H groups in total. The Morgan fingerprint density at radius 2 is 0.750 bits per heavy atom. The van der Waals surface area contributed by atoms with Crippen LogP contribution < -0.4 is 198 Å². The van der Waals surface area contributed by atoms with Gasteiger partial charge in [0.25, 0.3) is 0 Å². The molecule has 60 heteroatoms. The Balaban J connectivity index is 0.00000541. The van der Waals surface area contributed by atoms with Gasteiger partial charge < -0.3 is 63.5 Å². The molecule has 0 aliphatic rings. The minimum absolute atomic E-state index is 0. The molecule has 0 saturated heterocycles. The molecule has 0 aliphatic heterocycles. The second-order valence-corrected chi connectivity index (χ2v) is 35.6. The van der Waals surface area contributed by atoms with Crippen molar-refractivity contribution < 1.29 is 304 Å². The first-order chi connectivity index (χ1) is 49.1. The third kappa shape index (κ3) is 27.7. The van der Waals surface area contributed by atoms with Crippen molar-refractivity contribution >= 4 is 199 Å². The van der Waals surface area contributed by atoms with Gasteiger partial charge in [-0.15, -0.1) is 10.2 Å². The molecule has 0 fully saturated rings. The number of aromatic hydroxyl groups is 2. The minimum atomic E-state index is -5.69. The summed E-state index contributed by atoms with van der Waals surface area (Å²) in [6.45, 7) is -3.75. The predicted molar refractivity (Wildman–Crippen MR) is 357 cm³/mol. The molecular weight excluding hydrogens is 1780 g/mol. The topological polar surface area (TPSA) is 691 Å². The number of nitrogens with zero attached hydrogens (tertiary/aromatic N) is 11. The van der Waals surface area contributed by atoms with Gasteiger partial charge in [-0.05, 0) is 143 Å². The van der Waals surface area contributed by atoms with E-state index in [1.165, 1.54) is 12.1 Å². The van der Waals surface area contributed by atoms with Crippen molar-refractivity contribution in [2.45, 2.75) is 34.3 Å². The van der Waals surface area contributed by atoms with Crippen LogP contribution in [0.5, 0.6) is 11.5 Å². The molecule has 0 unspecified atom stereocenters. The molecule has 2 heterocycles. The first-order valence-electron chi connectivity index (χ1n) is 28.1. The Labute approximate surface area is 778 Å². The average Bonchev–Trinajstić information content (AvgIpc) is 0.751. The molecular formula is C52H40Cl2N14Na6O29S9. The molecule has 0 atom stereocenters. The van der Waals surface area contributed by atoms with Crippen molar-refractivity contribution in [3.8, 4) is 11.5 Å². The van der Waals surface area contributed by atoms with Crippen molar-refractivity contribution in [3.05, 3.63) is 120 Å². The standard InChI is InChI=1S/C52H46Cl2N14O29S9.6Na/c53-47-58-49(62-50(59-47)56-37-25-35(101(78,79)80)21-27-23-39(103(84,85)86)43(45(70)41(27)37)66-64-30-3-9-33(10-4-30)99(74,75)19-16-96-105(90,91)92)55-29-1-7-32(8-2-29)98(72,73)18-14-68(13-15-69)52-61-48(54)60-51(63-52)57-38-26-36(102(81,82)83)22-28-24-40(104(87,88)89)44(46(71)42(28)38)67-65-31-5-11-34(12-6-31)100(76,77)20-17-97-106(93,94)95;;;;;;/h1-12,21-26,69-71H,13-20H2,(H,78,79,80)(H,81,82,83)(H,84,85,86)(H,87,88,89)(H,90,91,92)(H,93,94,95)(H,57,60,61,63)(H2,55,56,58,59,62);;;;;;/q;6*+1/p-6. The molecule has 0 saturated carbocycles. The van der Waals surface area contributed by atoms with E-state index >= 15 is 0 Å². The SMILES string of the molecule is O=S(=O)([O-])OCCS(=O)(=O)c1ccc(N=Nc2c(S(=O)(=O)[O-])cc3cc(S(=O)(=O)[O-])cc(Nc4nc(Cl)nc(Nc5ccc(S(=O)(=O)CCN(CCO)c6nc(Cl)nc(Nc7cc(S(=O)(=O)[O-])cc8cc(S(=O)(=O)[O-])c(N=Nc9ccc(S(=O)(=O)CCOS(=O)(=O)[O-])cc9)c(O)c78)n6)cc5)n4)c3c2O)cc1.[Na+].[Na+].[Na+].[Na+].[Na+].[Na+]. The summed E-state index contributed by atoms with van der Waals surface area (Å²) in [5, 5.41) is 52.4. The summed E-state index contributed by atoms with van der Waals surface area (Å²) in [6.07, 6.45) is 0. The van der Waals surface area contributed by atoms with Gasteiger partial charge in [-0.25, -0.2) is 75.8 Å². The molecule has 112 heavy (non-hydrogen) atoms. The first kappa shape index (κ1) is 103. The average molecular weight is 1820 g/mol. The van der Waals surface area contributed by atoms with Gasteiger partial charge in [0.05, 0.1) is 94.1 Å². The van der Waals surface area contributed by atoms with Crippen LogP contribution in [0.25, 0.3) is 21.5 Å². The molecule has 566 valence electrons. The Hall–Kier alpha value is -3.15. The van der Waals surface area contributed by atoms with Crippen LogP contribution in [-0.2, 0) is 99.1 Å². The fraction of sp³-hybridized carbons (Fsp3) is 0.154. The van der Waals surface area contributed by atoms with E-state index in [-0.39, 0.29) is 199 Å². The van der Waals surface area contributed by atoms with Gasteiger partial charge in [-0.3, -0.25) is 8.37 Å². The van der Waals surface area contributed by atoms with Gasteiger partial charge >= 0.3 is 177 Å². The fourth-order valence-electron chi connectivity index (χ4n) is 9.26. The second-order valence-electron chi connectivity index (χ2n) is 21.0. The van der Waals surface area contributed by atoms with E-state index in [9.17, 15) is 118 Å². The van der Waals surface area contributed by atoms with Gasteiger partial charge in [0.15, 0.2) is 41.0 Å². The van der Waals surface area contributed by atoms with Crippen LogP contribution >= 0.6 is 23.2 Å². The number of nitrogens with one attached hydrogen (secondary N) is 3. The van der Waals surface area contributed by atoms with E-state index in [2.05, 4.69) is 74.7 Å². The summed E-state index contributed by atoms with van der Waals surface area (Å²) < 4.78 is 301. The molecule has 0 amide bonds. The van der Waals surface area contributed by atoms with Crippen LogP contribution in [0.4, 0.5) is 63.6 Å². The number of hydrogen-bond acceptors (Lipinski definition) is 43. The third-order valence-corrected chi connectivity index (χ3v) is 23.6. The van der Waals surface area contributed by atoms with E-state index in [1.54, 1.807) is 0 Å². The van der Waals surface area contributed by atoms with Gasteiger partial charge in [-0.2, -0.15) is 40.1 Å². The van der Waals surface area contributed by atoms with E-state index < -0.39 is 260 Å². The number of anilines is 7. The summed E-state index contributed by atoms with van der Waals surface area (Å²) >= 11 is 12.5. The number of hydrogen-bond donors (Lipinski definition) is 6. The van der Waals surface area contributed by atoms with E-state index in [0.29, 0.717) is 36.4 Å². The summed E-state index contributed by atoms with van der Waals surface area (Å²) in [5.41, 5.74) is -3.90. The van der Waals surface area contributed by atoms with E-state index in [1.807, 2.05) is 0 Å².